The first-order valence-electron chi connectivity index (χ1n) is 25.5. The van der Waals surface area contributed by atoms with E-state index in [9.17, 15) is 0 Å². The Morgan fingerprint density at radius 2 is 0.817 bits per heavy atom. The van der Waals surface area contributed by atoms with Crippen LogP contribution in [-0.2, 0) is 21.7 Å². The number of rotatable bonds is 5. The predicted molar refractivity (Wildman–Crippen MR) is 302 cm³/mol. The second-order valence-corrected chi connectivity index (χ2v) is 24.4. The number of aryl methyl sites for hydroxylation is 1. The first-order valence-corrected chi connectivity index (χ1v) is 25.5. The zero-order valence-corrected chi connectivity index (χ0v) is 44.0. The number of fused-ring (bicyclic) bond motifs is 5. The quantitative estimate of drug-likeness (QED) is 0.161. The van der Waals surface area contributed by atoms with E-state index in [-0.39, 0.29) is 35.2 Å². The topological polar surface area (TPSA) is 24.9 Å². The van der Waals surface area contributed by atoms with Gasteiger partial charge in [-0.2, -0.15) is 0 Å². The third-order valence-electron chi connectivity index (χ3n) is 15.1. The number of benzene rings is 8. The lowest BCUT2D eigenvalue weighted by atomic mass is 9.33. The molecular weight excluding hydrogens is 864 g/mol. The fourth-order valence-corrected chi connectivity index (χ4v) is 10.9. The van der Waals surface area contributed by atoms with Gasteiger partial charge in [0.25, 0.3) is 6.71 Å². The van der Waals surface area contributed by atoms with Gasteiger partial charge in [0.15, 0.2) is 11.5 Å². The van der Waals surface area contributed by atoms with Crippen molar-refractivity contribution in [3.63, 3.8) is 0 Å². The molecule has 0 atom stereocenters. The highest BCUT2D eigenvalue weighted by Gasteiger charge is 2.44. The van der Waals surface area contributed by atoms with Crippen molar-refractivity contribution >= 4 is 57.2 Å². The summed E-state index contributed by atoms with van der Waals surface area (Å²) < 4.78 is 11.9. The molecule has 11 rings (SSSR count). The second kappa shape index (κ2) is 16.6. The summed E-state index contributed by atoms with van der Waals surface area (Å²) in [6.45, 7) is 30.0. The molecule has 0 amide bonds. The highest BCUT2D eigenvalue weighted by Crippen LogP contribution is 2.49. The van der Waals surface area contributed by atoms with Gasteiger partial charge in [-0.1, -0.05) is 180 Å². The minimum Gasteiger partial charge on any atom is -0.454 e. The fraction of sp³-hybridized carbons (Fsp3) is 0.273. The van der Waals surface area contributed by atoms with Crippen LogP contribution in [0.2, 0.25) is 0 Å². The summed E-state index contributed by atoms with van der Waals surface area (Å²) >= 11 is 0. The summed E-state index contributed by atoms with van der Waals surface area (Å²) in [5.41, 5.74) is 24.5. The minimum atomic E-state index is -0.0609. The van der Waals surface area contributed by atoms with E-state index in [2.05, 4.69) is 258 Å². The average Bonchev–Trinajstić information content (AvgIpc) is 3.81. The Bertz CT molecular complexity index is 3300. The van der Waals surface area contributed by atoms with E-state index < -0.39 is 0 Å². The van der Waals surface area contributed by atoms with Crippen LogP contribution in [0.15, 0.2) is 158 Å². The zero-order chi connectivity index (χ0) is 49.9. The normalized spacial score (nSPS) is 14.1. The third kappa shape index (κ3) is 8.31. The van der Waals surface area contributed by atoms with Gasteiger partial charge >= 0.3 is 0 Å². The molecule has 0 unspecified atom stereocenters. The van der Waals surface area contributed by atoms with Gasteiger partial charge in [0.05, 0.1) is 5.69 Å². The SMILES string of the molecule is Cc1cc2c3c(c1)N(c1cc(-c4ccc(C(C)(C)C)cc4)cc(-c4ccc(C(C)(C)C)cc4)c1)c1cc(-c4ccc(C(C)(C)C)cc4)ccc1B3c1cc(C(C)(C)C)ccc1N2c1ccc2c(c1)OCO2. The van der Waals surface area contributed by atoms with Crippen molar-refractivity contribution in [2.45, 2.75) is 112 Å². The lowest BCUT2D eigenvalue weighted by molar-refractivity contribution is 0.174. The molecule has 8 aromatic carbocycles. The number of hydrogen-bond donors (Lipinski definition) is 0. The Hall–Kier alpha value is -6.98. The first-order chi connectivity index (χ1) is 33.6. The molecule has 5 heteroatoms. The van der Waals surface area contributed by atoms with E-state index in [0.29, 0.717) is 0 Å². The minimum absolute atomic E-state index is 0.0377. The molecule has 0 aliphatic carbocycles. The molecule has 71 heavy (non-hydrogen) atoms. The lowest BCUT2D eigenvalue weighted by Gasteiger charge is -2.45. The molecule has 4 nitrogen and oxygen atoms in total. The van der Waals surface area contributed by atoms with E-state index in [1.165, 1.54) is 100 Å². The van der Waals surface area contributed by atoms with Crippen molar-refractivity contribution in [3.8, 4) is 44.9 Å². The molecule has 3 aliphatic rings. The summed E-state index contributed by atoms with van der Waals surface area (Å²) in [4.78, 5) is 5.05. The Morgan fingerprint density at radius 3 is 1.34 bits per heavy atom. The predicted octanol–water partition coefficient (Wildman–Crippen LogP) is 16.0. The van der Waals surface area contributed by atoms with E-state index >= 15 is 0 Å². The van der Waals surface area contributed by atoms with Gasteiger partial charge in [-0.25, -0.2) is 0 Å². The molecule has 8 aromatic rings. The van der Waals surface area contributed by atoms with Gasteiger partial charge in [-0.3, -0.25) is 0 Å². The molecule has 356 valence electrons. The van der Waals surface area contributed by atoms with Crippen LogP contribution in [-0.4, -0.2) is 13.5 Å². The maximum Gasteiger partial charge on any atom is 0.252 e. The van der Waals surface area contributed by atoms with Crippen LogP contribution < -0.4 is 35.7 Å². The van der Waals surface area contributed by atoms with Gasteiger partial charge in [0.2, 0.25) is 6.79 Å². The van der Waals surface area contributed by atoms with Crippen molar-refractivity contribution in [2.75, 3.05) is 16.6 Å². The number of nitrogens with zero attached hydrogens (tertiary/aromatic N) is 2. The van der Waals surface area contributed by atoms with E-state index in [1.54, 1.807) is 0 Å². The first kappa shape index (κ1) is 46.4. The average molecular weight is 931 g/mol. The summed E-state index contributed by atoms with van der Waals surface area (Å²) in [5, 5.41) is 0. The van der Waals surface area contributed by atoms with E-state index in [4.69, 9.17) is 9.47 Å². The largest absolute Gasteiger partial charge is 0.454 e. The van der Waals surface area contributed by atoms with Crippen LogP contribution >= 0.6 is 0 Å². The van der Waals surface area contributed by atoms with Crippen molar-refractivity contribution in [3.05, 3.63) is 186 Å². The van der Waals surface area contributed by atoms with Crippen LogP contribution in [0.4, 0.5) is 34.1 Å². The monoisotopic (exact) mass is 931 g/mol. The molecule has 0 aromatic heterocycles. The molecule has 3 aliphatic heterocycles. The van der Waals surface area contributed by atoms with Crippen molar-refractivity contribution in [1.29, 1.82) is 0 Å². The zero-order valence-electron chi connectivity index (χ0n) is 44.0. The lowest BCUT2D eigenvalue weighted by Crippen LogP contribution is -2.61. The molecule has 0 fully saturated rings. The van der Waals surface area contributed by atoms with Crippen LogP contribution in [0.1, 0.15) is 111 Å². The van der Waals surface area contributed by atoms with E-state index in [1.807, 2.05) is 0 Å². The van der Waals surface area contributed by atoms with Gasteiger partial charge in [0.1, 0.15) is 0 Å². The molecule has 0 spiro atoms. The summed E-state index contributed by atoms with van der Waals surface area (Å²) in [6, 6.07) is 60.6. The van der Waals surface area contributed by atoms with Crippen molar-refractivity contribution < 1.29 is 9.47 Å². The smallest absolute Gasteiger partial charge is 0.252 e. The van der Waals surface area contributed by atoms with E-state index in [0.717, 1.165) is 22.9 Å². The van der Waals surface area contributed by atoms with Crippen LogP contribution in [0, 0.1) is 6.92 Å². The third-order valence-corrected chi connectivity index (χ3v) is 15.1. The molecule has 0 saturated carbocycles. The van der Waals surface area contributed by atoms with Crippen LogP contribution in [0.5, 0.6) is 11.5 Å². The summed E-state index contributed by atoms with van der Waals surface area (Å²) in [7, 11) is 0. The van der Waals surface area contributed by atoms with Crippen molar-refractivity contribution in [1.82, 2.24) is 0 Å². The molecule has 0 bridgehead atoms. The van der Waals surface area contributed by atoms with Crippen molar-refractivity contribution in [2.24, 2.45) is 0 Å². The number of hydrogen-bond acceptors (Lipinski definition) is 4. The Kier molecular flexibility index (Phi) is 10.8. The standard InChI is InChI=1S/C66H67BN2O2/c1-41-32-58-62-59(33-41)69(53-35-46(43-16-23-49(24-17-43)64(5,6)7)34-47(36-53)44-18-25-50(26-19-44)65(8,9)10)57-37-45(42-14-21-48(22-15-42)63(2,3)4)20-29-54(57)67(62)55-38-51(66(11,12)13)27-30-56(55)68(58)52-28-31-60-61(39-52)71-40-70-60/h14-39H,40H2,1-13H3. The molecular formula is C66H67BN2O2. The van der Waals surface area contributed by atoms with Crippen LogP contribution in [0.3, 0.4) is 0 Å². The Labute approximate surface area is 423 Å². The maximum absolute atomic E-state index is 6.05. The Balaban J connectivity index is 1.20. The molecule has 0 radical (unpaired) electrons. The molecule has 3 heterocycles. The summed E-state index contributed by atoms with van der Waals surface area (Å²) in [6.07, 6.45) is 0. The second-order valence-electron chi connectivity index (χ2n) is 24.4. The maximum atomic E-state index is 6.05. The molecule has 0 N–H and O–H groups in total. The number of ether oxygens (including phenoxy) is 2. The van der Waals surface area contributed by atoms with Gasteiger partial charge in [-0.05, 0) is 161 Å². The number of anilines is 6. The fourth-order valence-electron chi connectivity index (χ4n) is 10.9. The summed E-state index contributed by atoms with van der Waals surface area (Å²) in [5.74, 6) is 1.54. The van der Waals surface area contributed by atoms with Gasteiger partial charge in [-0.15, -0.1) is 0 Å². The highest BCUT2D eigenvalue weighted by molar-refractivity contribution is 7.00. The highest BCUT2D eigenvalue weighted by atomic mass is 16.7. The Morgan fingerprint density at radius 1 is 0.352 bits per heavy atom. The molecule has 0 saturated heterocycles. The van der Waals surface area contributed by atoms with Gasteiger partial charge < -0.3 is 19.3 Å². The van der Waals surface area contributed by atoms with Crippen LogP contribution in [0.25, 0.3) is 33.4 Å². The van der Waals surface area contributed by atoms with Gasteiger partial charge in [0, 0.05) is 34.5 Å².